The quantitative estimate of drug-likeness (QED) is 0.148. The summed E-state index contributed by atoms with van der Waals surface area (Å²) in [5.41, 5.74) is 13.7. The van der Waals surface area contributed by atoms with Crippen molar-refractivity contribution in [2.24, 2.45) is 0 Å². The number of hydrogen-bond acceptors (Lipinski definition) is 0. The molecule has 3 nitrogen and oxygen atoms in total. The third-order valence-corrected chi connectivity index (χ3v) is 12.3. The van der Waals surface area contributed by atoms with Gasteiger partial charge in [-0.1, -0.05) is 133 Å². The number of fused-ring (bicyclic) bond motifs is 6. The normalized spacial score (nSPS) is 11.8. The van der Waals surface area contributed by atoms with Crippen LogP contribution in [0.25, 0.3) is 104 Å². The monoisotopic (exact) mass is 819 g/mol. The first-order valence-corrected chi connectivity index (χ1v) is 20.8. The number of rotatable bonds is 6. The van der Waals surface area contributed by atoms with Crippen molar-refractivity contribution in [1.29, 1.82) is 0 Å². The number of aromatic nitrogens is 2. The van der Waals surface area contributed by atoms with Crippen LogP contribution in [-0.4, -0.2) is 9.13 Å². The maximum absolute atomic E-state index is 13.9. The Labute approximate surface area is 362 Å². The zero-order valence-corrected chi connectivity index (χ0v) is 34.0. The summed E-state index contributed by atoms with van der Waals surface area (Å²) >= 11 is 0. The van der Waals surface area contributed by atoms with Crippen molar-refractivity contribution >= 4 is 49.3 Å². The highest BCUT2D eigenvalue weighted by Crippen LogP contribution is 2.45. The summed E-state index contributed by atoms with van der Waals surface area (Å²) in [4.78, 5) is 3.93. The van der Waals surface area contributed by atoms with Crippen LogP contribution < -0.4 is 0 Å². The Balaban J connectivity index is 1.21. The van der Waals surface area contributed by atoms with Gasteiger partial charge in [-0.3, -0.25) is 0 Å². The third-order valence-electron chi connectivity index (χ3n) is 12.3. The van der Waals surface area contributed by atoms with Crippen molar-refractivity contribution in [3.8, 4) is 55.9 Å². The number of para-hydroxylation sites is 2. The molecule has 0 bridgehead atoms. The minimum atomic E-state index is -4.46. The number of benzene rings is 9. The fraction of sp³-hybridized carbons (Fsp3) is 0.0351. The van der Waals surface area contributed by atoms with E-state index in [2.05, 4.69) is 135 Å². The lowest BCUT2D eigenvalue weighted by molar-refractivity contribution is -0.137. The van der Waals surface area contributed by atoms with E-state index in [4.69, 9.17) is 6.57 Å². The van der Waals surface area contributed by atoms with Crippen molar-refractivity contribution < 1.29 is 13.2 Å². The molecule has 0 aliphatic carbocycles. The minimum Gasteiger partial charge on any atom is -0.309 e. The van der Waals surface area contributed by atoms with Crippen molar-refractivity contribution in [1.82, 2.24) is 9.13 Å². The highest BCUT2D eigenvalue weighted by molar-refractivity contribution is 6.13. The van der Waals surface area contributed by atoms with E-state index in [0.29, 0.717) is 16.8 Å². The molecular formula is C57H36F3N3. The number of hydrogen-bond donors (Lipinski definition) is 0. The Bertz CT molecular complexity index is 3630. The molecule has 0 aliphatic rings. The van der Waals surface area contributed by atoms with Crippen LogP contribution in [0.4, 0.5) is 18.9 Å². The predicted octanol–water partition coefficient (Wildman–Crippen LogP) is 16.4. The number of halogens is 3. The molecule has 6 heteroatoms. The van der Waals surface area contributed by atoms with Crippen molar-refractivity contribution in [3.05, 3.63) is 223 Å². The summed E-state index contributed by atoms with van der Waals surface area (Å²) in [5, 5.41) is 4.35. The van der Waals surface area contributed by atoms with Crippen LogP contribution in [0.3, 0.4) is 0 Å². The lowest BCUT2D eigenvalue weighted by Gasteiger charge is -2.21. The summed E-state index contributed by atoms with van der Waals surface area (Å²) in [6.45, 7) is 9.91. The van der Waals surface area contributed by atoms with E-state index in [1.54, 1.807) is 13.0 Å². The van der Waals surface area contributed by atoms with E-state index >= 15 is 0 Å². The molecule has 0 spiro atoms. The second kappa shape index (κ2) is 14.8. The van der Waals surface area contributed by atoms with Gasteiger partial charge in [0.2, 0.25) is 0 Å². The first kappa shape index (κ1) is 37.8. The molecule has 11 rings (SSSR count). The Morgan fingerprint density at radius 2 is 0.905 bits per heavy atom. The maximum Gasteiger partial charge on any atom is 0.416 e. The highest BCUT2D eigenvalue weighted by atomic mass is 19.4. The van der Waals surface area contributed by atoms with Crippen LogP contribution in [0.1, 0.15) is 11.1 Å². The van der Waals surface area contributed by atoms with Gasteiger partial charge in [0, 0.05) is 27.1 Å². The fourth-order valence-corrected chi connectivity index (χ4v) is 9.37. The first-order valence-electron chi connectivity index (χ1n) is 20.8. The van der Waals surface area contributed by atoms with E-state index in [0.717, 1.165) is 100.0 Å². The van der Waals surface area contributed by atoms with Crippen molar-refractivity contribution in [3.63, 3.8) is 0 Å². The van der Waals surface area contributed by atoms with Gasteiger partial charge < -0.3 is 9.13 Å². The van der Waals surface area contributed by atoms with E-state index in [9.17, 15) is 13.2 Å². The molecule has 0 saturated heterocycles. The molecule has 0 aliphatic heterocycles. The van der Waals surface area contributed by atoms with E-state index in [1.807, 2.05) is 60.7 Å². The molecule has 300 valence electrons. The van der Waals surface area contributed by atoms with Gasteiger partial charge in [0.15, 0.2) is 5.69 Å². The molecule has 0 N–H and O–H groups in total. The molecule has 0 unspecified atom stereocenters. The first-order chi connectivity index (χ1) is 30.7. The largest absolute Gasteiger partial charge is 0.416 e. The SMILES string of the molecule is [C-]#[N+]c1ccc(-n2c3ccccc3c3cc(-c4ccccc4)ccc32)c(-c2ccc(-c3ccc(C(F)(F)F)cc3C)cc2-n2c3ccccc3c3cc(-c4ccccc4)ccc32)c1. The molecule has 0 fully saturated rings. The molecule has 0 radical (unpaired) electrons. The topological polar surface area (TPSA) is 14.2 Å². The molecular weight excluding hydrogens is 784 g/mol. The molecule has 9 aromatic carbocycles. The molecule has 0 atom stereocenters. The van der Waals surface area contributed by atoms with E-state index in [-0.39, 0.29) is 0 Å². The summed E-state index contributed by atoms with van der Waals surface area (Å²) in [5.74, 6) is 0. The smallest absolute Gasteiger partial charge is 0.309 e. The lowest BCUT2D eigenvalue weighted by Crippen LogP contribution is -2.05. The van der Waals surface area contributed by atoms with Crippen LogP contribution in [0.5, 0.6) is 0 Å². The fourth-order valence-electron chi connectivity index (χ4n) is 9.37. The van der Waals surface area contributed by atoms with Crippen LogP contribution >= 0.6 is 0 Å². The summed E-state index contributed by atoms with van der Waals surface area (Å²) in [6, 6.07) is 66.5. The van der Waals surface area contributed by atoms with Gasteiger partial charge in [-0.15, -0.1) is 0 Å². The summed E-state index contributed by atoms with van der Waals surface area (Å²) in [7, 11) is 0. The molecule has 0 amide bonds. The standard InChI is InChI=1S/C57H36F3N3/c1-36-31-42(57(58,59)60)24-27-44(36)41-21-26-47(56(34-41)63-52-20-12-10-18-46(52)49-33-40(23-29-54(49)63)38-15-7-4-8-16-38)50-35-43(61-2)25-30-55(50)62-51-19-11-9-17-45(51)48-32-39(22-28-53(48)62)37-13-5-3-6-14-37/h3-35H,1H3. The Kier molecular flexibility index (Phi) is 8.88. The van der Waals surface area contributed by atoms with Gasteiger partial charge in [0.25, 0.3) is 0 Å². The van der Waals surface area contributed by atoms with Gasteiger partial charge in [0.1, 0.15) is 0 Å². The molecule has 11 aromatic rings. The van der Waals surface area contributed by atoms with Gasteiger partial charge in [-0.05, 0) is 118 Å². The summed E-state index contributed by atoms with van der Waals surface area (Å²) < 4.78 is 46.3. The van der Waals surface area contributed by atoms with E-state index < -0.39 is 11.7 Å². The number of alkyl halides is 3. The van der Waals surface area contributed by atoms with Gasteiger partial charge in [-0.25, -0.2) is 4.85 Å². The van der Waals surface area contributed by atoms with Crippen molar-refractivity contribution in [2.75, 3.05) is 0 Å². The molecule has 63 heavy (non-hydrogen) atoms. The zero-order chi connectivity index (χ0) is 42.8. The van der Waals surface area contributed by atoms with Crippen LogP contribution in [0.15, 0.2) is 200 Å². The Morgan fingerprint density at radius 3 is 1.46 bits per heavy atom. The minimum absolute atomic E-state index is 0.490. The van der Waals surface area contributed by atoms with Crippen LogP contribution in [0, 0.1) is 13.5 Å². The van der Waals surface area contributed by atoms with E-state index in [1.165, 1.54) is 6.07 Å². The number of nitrogens with zero attached hydrogens (tertiary/aromatic N) is 3. The third kappa shape index (κ3) is 6.36. The number of aryl methyl sites for hydroxylation is 1. The van der Waals surface area contributed by atoms with Crippen LogP contribution in [-0.2, 0) is 6.18 Å². The predicted molar refractivity (Wildman–Crippen MR) is 253 cm³/mol. The average molecular weight is 820 g/mol. The second-order valence-corrected chi connectivity index (χ2v) is 16.0. The van der Waals surface area contributed by atoms with Gasteiger partial charge >= 0.3 is 6.18 Å². The molecule has 2 aromatic heterocycles. The maximum atomic E-state index is 13.9. The summed E-state index contributed by atoms with van der Waals surface area (Å²) in [6.07, 6.45) is -4.46. The van der Waals surface area contributed by atoms with Crippen molar-refractivity contribution in [2.45, 2.75) is 13.1 Å². The van der Waals surface area contributed by atoms with Crippen LogP contribution in [0.2, 0.25) is 0 Å². The Morgan fingerprint density at radius 1 is 0.397 bits per heavy atom. The van der Waals surface area contributed by atoms with Gasteiger partial charge in [-0.2, -0.15) is 13.2 Å². The second-order valence-electron chi connectivity index (χ2n) is 16.0. The zero-order valence-electron chi connectivity index (χ0n) is 34.0. The molecule has 0 saturated carbocycles. The average Bonchev–Trinajstić information content (AvgIpc) is 3.83. The molecule has 2 heterocycles. The lowest BCUT2D eigenvalue weighted by atomic mass is 9.93. The van der Waals surface area contributed by atoms with Gasteiger partial charge in [0.05, 0.1) is 45.6 Å². The highest BCUT2D eigenvalue weighted by Gasteiger charge is 2.31. The Hall–Kier alpha value is -8.14.